The Bertz CT molecular complexity index is 2970. The number of nitrogens with one attached hydrogen (secondary N) is 6. The van der Waals surface area contributed by atoms with Crippen molar-refractivity contribution < 1.29 is 57.4 Å². The molecule has 0 saturated heterocycles. The van der Waals surface area contributed by atoms with Gasteiger partial charge in [-0.15, -0.1) is 11.8 Å². The van der Waals surface area contributed by atoms with Crippen LogP contribution in [0.1, 0.15) is 72.4 Å². The minimum Gasteiger partial charge on any atom is -0.458 e. The number of aromatic nitrogens is 2. The SMILES string of the molecule is CC[C@@]1(O)C(=O)OCc2c1cc1n(c2=O)Cc2c-1nc1cc(F)c(C)cc1c2CNC(=O)CSCNC(=O)CNC(=O)[C@H](Cc1ccccc1)NC(=O)CNC(=O)CNC(=O)CCCCCN1C(=O)C=CC1=O. The fraction of sp³-hybridized carbons (Fsp3) is 0.380. The predicted molar refractivity (Wildman–Crippen MR) is 262 cm³/mol. The van der Waals surface area contributed by atoms with Crippen molar-refractivity contribution in [3.05, 3.63) is 110 Å². The third-order valence-electron chi connectivity index (χ3n) is 12.6. The summed E-state index contributed by atoms with van der Waals surface area (Å²) in [6, 6.07) is 12.1. The molecule has 0 radical (unpaired) electrons. The molecule has 2 aromatic heterocycles. The van der Waals surface area contributed by atoms with Crippen molar-refractivity contribution in [1.29, 1.82) is 0 Å². The molecule has 21 nitrogen and oxygen atoms in total. The van der Waals surface area contributed by atoms with Crippen molar-refractivity contribution in [2.24, 2.45) is 0 Å². The molecule has 3 aliphatic heterocycles. The van der Waals surface area contributed by atoms with Gasteiger partial charge in [-0.25, -0.2) is 14.2 Å². The van der Waals surface area contributed by atoms with Gasteiger partial charge in [0.05, 0.1) is 60.3 Å². The van der Waals surface area contributed by atoms with Crippen LogP contribution >= 0.6 is 11.8 Å². The fourth-order valence-electron chi connectivity index (χ4n) is 8.56. The average Bonchev–Trinajstić information content (AvgIpc) is 3.91. The Morgan fingerprint density at radius 3 is 2.27 bits per heavy atom. The zero-order chi connectivity index (χ0) is 52.4. The van der Waals surface area contributed by atoms with Crippen LogP contribution in [-0.2, 0) is 79.6 Å². The average molecular weight is 1020 g/mol. The number of cyclic esters (lactones) is 1. The third kappa shape index (κ3) is 12.6. The molecule has 384 valence electrons. The molecule has 0 aliphatic carbocycles. The number of fused-ring (bicyclic) bond motifs is 5. The van der Waals surface area contributed by atoms with E-state index in [0.717, 1.165) is 16.7 Å². The fourth-order valence-corrected chi connectivity index (χ4v) is 9.21. The summed E-state index contributed by atoms with van der Waals surface area (Å²) in [5.74, 6) is -5.65. The van der Waals surface area contributed by atoms with Crippen LogP contribution in [0.3, 0.4) is 0 Å². The van der Waals surface area contributed by atoms with Crippen molar-refractivity contribution in [3.8, 4) is 11.4 Å². The second kappa shape index (κ2) is 23.6. The molecule has 3 aliphatic rings. The summed E-state index contributed by atoms with van der Waals surface area (Å²) in [6.07, 6.45) is 4.09. The van der Waals surface area contributed by atoms with Crippen molar-refractivity contribution in [2.45, 2.75) is 83.7 Å². The Balaban J connectivity index is 0.855. The van der Waals surface area contributed by atoms with Gasteiger partial charge in [0.2, 0.25) is 35.4 Å². The molecule has 73 heavy (non-hydrogen) atoms. The number of aryl methyl sites for hydroxylation is 1. The normalized spacial score (nSPS) is 15.7. The van der Waals surface area contributed by atoms with E-state index in [-0.39, 0.29) is 85.6 Å². The number of rotatable bonds is 23. The van der Waals surface area contributed by atoms with E-state index in [1.807, 2.05) is 0 Å². The van der Waals surface area contributed by atoms with Crippen molar-refractivity contribution >= 4 is 75.9 Å². The number of ether oxygens (including phenoxy) is 1. The van der Waals surface area contributed by atoms with E-state index in [0.29, 0.717) is 58.3 Å². The quantitative estimate of drug-likeness (QED) is 0.0203. The Hall–Kier alpha value is -7.79. The molecule has 0 saturated carbocycles. The van der Waals surface area contributed by atoms with Crippen molar-refractivity contribution in [2.75, 3.05) is 37.8 Å². The maximum atomic E-state index is 14.9. The van der Waals surface area contributed by atoms with E-state index in [9.17, 15) is 57.4 Å². The number of hydrogen-bond donors (Lipinski definition) is 7. The molecular weight excluding hydrogens is 970 g/mol. The maximum absolute atomic E-state index is 14.9. The van der Waals surface area contributed by atoms with Gasteiger partial charge in [0.25, 0.3) is 17.4 Å². The smallest absolute Gasteiger partial charge is 0.343 e. The molecule has 0 bridgehead atoms. The van der Waals surface area contributed by atoms with E-state index < -0.39 is 84.1 Å². The molecule has 23 heteroatoms. The molecule has 7 N–H and O–H groups in total. The highest BCUT2D eigenvalue weighted by Crippen LogP contribution is 2.40. The topological polar surface area (TPSA) is 293 Å². The first-order valence-corrected chi connectivity index (χ1v) is 24.7. The number of carbonyl (C=O) groups excluding carboxylic acids is 9. The Kier molecular flexibility index (Phi) is 17.2. The lowest BCUT2D eigenvalue weighted by molar-refractivity contribution is -0.172. The number of pyridine rings is 2. The molecule has 0 spiro atoms. The standard InChI is InChI=1S/C50H54FN9O12S/c1-3-50(71)34-18-38-46-32(24-60(38)48(69)33(34)25-72-49(50)70)31(30-16-28(2)35(51)19-36(30)58-46)20-52-43(65)26-73-27-56-41(63)22-55-47(68)37(17-29-10-6-4-7-11-29)57-42(64)23-54-40(62)21-53-39(61)12-8-5-9-15-59-44(66)13-14-45(59)67/h4,6-7,10-11,13-14,16,18-19,37,71H,3,5,8-9,12,15,17,20-27H2,1-2H3,(H,52,65)(H,53,61)(H,54,62)(H,55,68)(H,56,63)(H,57,64)/t37-,50-/m0/s1. The maximum Gasteiger partial charge on any atom is 0.343 e. The number of hydrogen-bond acceptors (Lipinski definition) is 14. The monoisotopic (exact) mass is 1020 g/mol. The Labute approximate surface area is 421 Å². The number of halogens is 1. The number of esters is 1. The summed E-state index contributed by atoms with van der Waals surface area (Å²) >= 11 is 1.07. The number of nitrogens with zero attached hydrogens (tertiary/aromatic N) is 3. The second-order valence-electron chi connectivity index (χ2n) is 17.6. The van der Waals surface area contributed by atoms with Crippen molar-refractivity contribution in [1.82, 2.24) is 46.4 Å². The third-order valence-corrected chi connectivity index (χ3v) is 13.4. The van der Waals surface area contributed by atoms with Gasteiger partial charge >= 0.3 is 5.97 Å². The van der Waals surface area contributed by atoms with Crippen LogP contribution in [0.15, 0.2) is 65.5 Å². The molecule has 0 fully saturated rings. The number of amides is 8. The lowest BCUT2D eigenvalue weighted by atomic mass is 9.86. The molecule has 7 rings (SSSR count). The number of unbranched alkanes of at least 4 members (excludes halogenated alkanes) is 2. The van der Waals surface area contributed by atoms with Crippen LogP contribution in [0.4, 0.5) is 4.39 Å². The van der Waals surface area contributed by atoms with E-state index in [1.54, 1.807) is 56.3 Å². The molecule has 2 aromatic carbocycles. The lowest BCUT2D eigenvalue weighted by Crippen LogP contribution is -2.52. The summed E-state index contributed by atoms with van der Waals surface area (Å²) in [5, 5.41) is 27.2. The number of carbonyl (C=O) groups is 9. The highest BCUT2D eigenvalue weighted by Gasteiger charge is 2.45. The molecular formula is C50H54FN9O12S. The highest BCUT2D eigenvalue weighted by molar-refractivity contribution is 7.99. The van der Waals surface area contributed by atoms with Crippen LogP contribution in [0.5, 0.6) is 0 Å². The minimum absolute atomic E-state index is 0.0129. The van der Waals surface area contributed by atoms with Gasteiger partial charge in [-0.2, -0.15) is 0 Å². The molecule has 0 unspecified atom stereocenters. The van der Waals surface area contributed by atoms with Crippen LogP contribution in [0, 0.1) is 12.7 Å². The number of imide groups is 1. The summed E-state index contributed by atoms with van der Waals surface area (Å²) in [7, 11) is 0. The van der Waals surface area contributed by atoms with Gasteiger partial charge in [0, 0.05) is 60.7 Å². The zero-order valence-corrected chi connectivity index (χ0v) is 40.8. The lowest BCUT2D eigenvalue weighted by Gasteiger charge is -2.31. The first kappa shape index (κ1) is 53.0. The first-order valence-electron chi connectivity index (χ1n) is 23.5. The Morgan fingerprint density at radius 2 is 1.53 bits per heavy atom. The minimum atomic E-state index is -2.04. The van der Waals surface area contributed by atoms with Gasteiger partial charge in [-0.05, 0) is 55.0 Å². The van der Waals surface area contributed by atoms with E-state index in [4.69, 9.17) is 9.72 Å². The Morgan fingerprint density at radius 1 is 0.836 bits per heavy atom. The van der Waals surface area contributed by atoms with Crippen LogP contribution in [0.25, 0.3) is 22.3 Å². The molecule has 4 aromatic rings. The van der Waals surface area contributed by atoms with E-state index >= 15 is 0 Å². The van der Waals surface area contributed by atoms with Gasteiger partial charge in [-0.3, -0.25) is 48.1 Å². The van der Waals surface area contributed by atoms with E-state index in [2.05, 4.69) is 31.9 Å². The second-order valence-corrected chi connectivity index (χ2v) is 18.5. The number of thioether (sulfide) groups is 1. The molecule has 2 atom stereocenters. The van der Waals surface area contributed by atoms with Gasteiger partial charge in [0.1, 0.15) is 18.5 Å². The van der Waals surface area contributed by atoms with Gasteiger partial charge < -0.3 is 46.3 Å². The predicted octanol–water partition coefficient (Wildman–Crippen LogP) is 0.512. The van der Waals surface area contributed by atoms with Crippen molar-refractivity contribution in [3.63, 3.8) is 0 Å². The van der Waals surface area contributed by atoms with Crippen LogP contribution in [0.2, 0.25) is 0 Å². The largest absolute Gasteiger partial charge is 0.458 e. The summed E-state index contributed by atoms with van der Waals surface area (Å²) < 4.78 is 21.5. The summed E-state index contributed by atoms with van der Waals surface area (Å²) in [6.45, 7) is 1.77. The number of aliphatic hydroxyl groups is 1. The molecule has 5 heterocycles. The number of benzene rings is 2. The summed E-state index contributed by atoms with van der Waals surface area (Å²) in [5.41, 5.74) is 0.904. The van der Waals surface area contributed by atoms with Crippen LogP contribution < -0.4 is 37.5 Å². The molecule has 8 amide bonds. The summed E-state index contributed by atoms with van der Waals surface area (Å²) in [4.78, 5) is 132. The first-order chi connectivity index (χ1) is 35.0. The van der Waals surface area contributed by atoms with E-state index in [1.165, 1.54) is 22.8 Å². The van der Waals surface area contributed by atoms with Gasteiger partial charge in [-0.1, -0.05) is 43.7 Å². The van der Waals surface area contributed by atoms with Gasteiger partial charge in [0.15, 0.2) is 5.60 Å². The zero-order valence-electron chi connectivity index (χ0n) is 40.0. The highest BCUT2D eigenvalue weighted by atomic mass is 32.2. The van der Waals surface area contributed by atoms with Crippen LogP contribution in [-0.4, -0.2) is 117 Å².